The molecule has 3 heteroatoms. The van der Waals surface area contributed by atoms with Crippen molar-refractivity contribution in [3.8, 4) is 0 Å². The van der Waals surface area contributed by atoms with Gasteiger partial charge in [0.1, 0.15) is 0 Å². The zero-order valence-electron chi connectivity index (χ0n) is 9.70. The van der Waals surface area contributed by atoms with Gasteiger partial charge in [0.15, 0.2) is 0 Å². The summed E-state index contributed by atoms with van der Waals surface area (Å²) >= 11 is 0. The molecule has 0 amide bonds. The van der Waals surface area contributed by atoms with Crippen LogP contribution in [0.3, 0.4) is 0 Å². The molecule has 0 spiro atoms. The molecule has 1 rings (SSSR count). The van der Waals surface area contributed by atoms with Crippen LogP contribution in [-0.4, -0.2) is 16.5 Å². The summed E-state index contributed by atoms with van der Waals surface area (Å²) in [5, 5.41) is 3.42. The first-order chi connectivity index (χ1) is 7.25. The third-order valence-corrected chi connectivity index (χ3v) is 2.33. The SMILES string of the molecule is C/C=C/CCNC(C)c1nccnc1C. The van der Waals surface area contributed by atoms with E-state index < -0.39 is 0 Å². The molecule has 0 aromatic carbocycles. The Kier molecular flexibility index (Phi) is 4.98. The summed E-state index contributed by atoms with van der Waals surface area (Å²) in [5.41, 5.74) is 2.04. The molecule has 0 radical (unpaired) electrons. The van der Waals surface area contributed by atoms with E-state index in [-0.39, 0.29) is 6.04 Å². The molecule has 3 nitrogen and oxygen atoms in total. The first-order valence-corrected chi connectivity index (χ1v) is 5.37. The lowest BCUT2D eigenvalue weighted by molar-refractivity contribution is 0.562. The fourth-order valence-electron chi connectivity index (χ4n) is 1.49. The van der Waals surface area contributed by atoms with Crippen molar-refractivity contribution in [1.82, 2.24) is 15.3 Å². The summed E-state index contributed by atoms with van der Waals surface area (Å²) < 4.78 is 0. The Balaban J connectivity index is 2.46. The molecule has 0 aliphatic heterocycles. The van der Waals surface area contributed by atoms with Crippen molar-refractivity contribution in [2.45, 2.75) is 33.2 Å². The quantitative estimate of drug-likeness (QED) is 0.592. The molecule has 0 saturated heterocycles. The Morgan fingerprint density at radius 1 is 1.40 bits per heavy atom. The Morgan fingerprint density at radius 2 is 2.13 bits per heavy atom. The van der Waals surface area contributed by atoms with Crippen LogP contribution in [0.15, 0.2) is 24.5 Å². The highest BCUT2D eigenvalue weighted by molar-refractivity contribution is 5.12. The first-order valence-electron chi connectivity index (χ1n) is 5.37. The molecule has 1 aromatic heterocycles. The van der Waals surface area contributed by atoms with Crippen LogP contribution in [0.1, 0.15) is 37.7 Å². The fraction of sp³-hybridized carbons (Fsp3) is 0.500. The molecule has 1 heterocycles. The van der Waals surface area contributed by atoms with Crippen LogP contribution < -0.4 is 5.32 Å². The maximum atomic E-state index is 4.33. The molecule has 15 heavy (non-hydrogen) atoms. The van der Waals surface area contributed by atoms with Crippen LogP contribution in [0.25, 0.3) is 0 Å². The minimum atomic E-state index is 0.268. The van der Waals surface area contributed by atoms with Gasteiger partial charge in [0.2, 0.25) is 0 Å². The monoisotopic (exact) mass is 205 g/mol. The van der Waals surface area contributed by atoms with Gasteiger partial charge in [0.05, 0.1) is 11.4 Å². The van der Waals surface area contributed by atoms with Crippen molar-refractivity contribution >= 4 is 0 Å². The van der Waals surface area contributed by atoms with Gasteiger partial charge in [-0.15, -0.1) is 0 Å². The lowest BCUT2D eigenvalue weighted by atomic mass is 10.2. The Bertz CT molecular complexity index is 320. The van der Waals surface area contributed by atoms with Gasteiger partial charge in [-0.05, 0) is 33.7 Å². The van der Waals surface area contributed by atoms with Gasteiger partial charge in [-0.1, -0.05) is 12.2 Å². The number of hydrogen-bond donors (Lipinski definition) is 1. The molecule has 1 atom stereocenters. The lowest BCUT2D eigenvalue weighted by Gasteiger charge is -2.13. The van der Waals surface area contributed by atoms with Gasteiger partial charge in [-0.25, -0.2) is 0 Å². The first kappa shape index (κ1) is 11.9. The molecule has 0 aliphatic rings. The van der Waals surface area contributed by atoms with Gasteiger partial charge in [0, 0.05) is 18.4 Å². The van der Waals surface area contributed by atoms with Crippen molar-refractivity contribution in [2.24, 2.45) is 0 Å². The molecule has 82 valence electrons. The van der Waals surface area contributed by atoms with E-state index >= 15 is 0 Å². The number of nitrogens with zero attached hydrogens (tertiary/aromatic N) is 2. The normalized spacial score (nSPS) is 13.3. The molecular formula is C12H19N3. The highest BCUT2D eigenvalue weighted by Crippen LogP contribution is 2.11. The van der Waals surface area contributed by atoms with Crippen molar-refractivity contribution in [1.29, 1.82) is 0 Å². The predicted octanol–water partition coefficient (Wildman–Crippen LogP) is 2.40. The topological polar surface area (TPSA) is 37.8 Å². The predicted molar refractivity (Wildman–Crippen MR) is 62.6 cm³/mol. The second-order valence-electron chi connectivity index (χ2n) is 3.56. The highest BCUT2D eigenvalue weighted by atomic mass is 14.9. The Hall–Kier alpha value is -1.22. The van der Waals surface area contributed by atoms with Gasteiger partial charge < -0.3 is 5.32 Å². The summed E-state index contributed by atoms with van der Waals surface area (Å²) in [5.74, 6) is 0. The van der Waals surface area contributed by atoms with E-state index in [1.165, 1.54) is 0 Å². The summed E-state index contributed by atoms with van der Waals surface area (Å²) in [6, 6.07) is 0.268. The maximum absolute atomic E-state index is 4.33. The summed E-state index contributed by atoms with van der Waals surface area (Å²) in [6.45, 7) is 7.12. The highest BCUT2D eigenvalue weighted by Gasteiger charge is 2.08. The largest absolute Gasteiger partial charge is 0.308 e. The molecule has 1 N–H and O–H groups in total. The molecule has 0 aliphatic carbocycles. The number of aromatic nitrogens is 2. The summed E-state index contributed by atoms with van der Waals surface area (Å²) in [6.07, 6.45) is 8.75. The van der Waals surface area contributed by atoms with E-state index in [1.54, 1.807) is 12.4 Å². The number of hydrogen-bond acceptors (Lipinski definition) is 3. The summed E-state index contributed by atoms with van der Waals surface area (Å²) in [7, 11) is 0. The zero-order valence-corrected chi connectivity index (χ0v) is 9.70. The van der Waals surface area contributed by atoms with Gasteiger partial charge in [0.25, 0.3) is 0 Å². The third-order valence-electron chi connectivity index (χ3n) is 2.33. The molecule has 1 aromatic rings. The number of allylic oxidation sites excluding steroid dienone is 1. The van der Waals surface area contributed by atoms with Crippen LogP contribution in [0.2, 0.25) is 0 Å². The maximum Gasteiger partial charge on any atom is 0.0782 e. The van der Waals surface area contributed by atoms with Crippen molar-refractivity contribution in [3.63, 3.8) is 0 Å². The number of nitrogens with one attached hydrogen (secondary N) is 1. The van der Waals surface area contributed by atoms with E-state index in [9.17, 15) is 0 Å². The van der Waals surface area contributed by atoms with E-state index in [0.717, 1.165) is 24.4 Å². The minimum Gasteiger partial charge on any atom is -0.308 e. The zero-order chi connectivity index (χ0) is 11.1. The van der Waals surface area contributed by atoms with Gasteiger partial charge >= 0.3 is 0 Å². The van der Waals surface area contributed by atoms with Gasteiger partial charge in [-0.3, -0.25) is 9.97 Å². The van der Waals surface area contributed by atoms with Crippen molar-refractivity contribution in [2.75, 3.05) is 6.54 Å². The molecule has 1 unspecified atom stereocenters. The summed E-state index contributed by atoms with van der Waals surface area (Å²) in [4.78, 5) is 8.56. The van der Waals surface area contributed by atoms with E-state index in [1.807, 2.05) is 13.8 Å². The van der Waals surface area contributed by atoms with Crippen LogP contribution in [0.5, 0.6) is 0 Å². The Morgan fingerprint density at radius 3 is 2.80 bits per heavy atom. The van der Waals surface area contributed by atoms with E-state index in [2.05, 4.69) is 34.4 Å². The van der Waals surface area contributed by atoms with Crippen LogP contribution in [0.4, 0.5) is 0 Å². The van der Waals surface area contributed by atoms with E-state index in [4.69, 9.17) is 0 Å². The number of aryl methyl sites for hydroxylation is 1. The van der Waals surface area contributed by atoms with Crippen LogP contribution in [-0.2, 0) is 0 Å². The molecule has 0 bridgehead atoms. The fourth-order valence-corrected chi connectivity index (χ4v) is 1.49. The smallest absolute Gasteiger partial charge is 0.0782 e. The number of rotatable bonds is 5. The minimum absolute atomic E-state index is 0.268. The van der Waals surface area contributed by atoms with Crippen molar-refractivity contribution < 1.29 is 0 Å². The van der Waals surface area contributed by atoms with Crippen LogP contribution in [0, 0.1) is 6.92 Å². The molecule has 0 saturated carbocycles. The lowest BCUT2D eigenvalue weighted by Crippen LogP contribution is -2.21. The third kappa shape index (κ3) is 3.80. The average molecular weight is 205 g/mol. The Labute approximate surface area is 91.7 Å². The second kappa shape index (κ2) is 6.30. The second-order valence-corrected chi connectivity index (χ2v) is 3.56. The standard InChI is InChI=1S/C12H19N3/c1-4-5-6-7-13-10(2)12-11(3)14-8-9-15-12/h4-5,8-10,13H,6-7H2,1-3H3/b5-4+. The molecule has 0 fully saturated rings. The molecular weight excluding hydrogens is 186 g/mol. The van der Waals surface area contributed by atoms with Crippen LogP contribution >= 0.6 is 0 Å². The van der Waals surface area contributed by atoms with E-state index in [0.29, 0.717) is 0 Å². The average Bonchev–Trinajstić information content (AvgIpc) is 2.25. The van der Waals surface area contributed by atoms with Gasteiger partial charge in [-0.2, -0.15) is 0 Å². The van der Waals surface area contributed by atoms with Crippen molar-refractivity contribution in [3.05, 3.63) is 35.9 Å².